The van der Waals surface area contributed by atoms with E-state index in [1.807, 2.05) is 13.0 Å². The molecule has 0 unspecified atom stereocenters. The van der Waals surface area contributed by atoms with E-state index in [0.29, 0.717) is 18.8 Å². The summed E-state index contributed by atoms with van der Waals surface area (Å²) >= 11 is 3.36. The largest absolute Gasteiger partial charge is 0.386 e. The molecule has 0 aliphatic carbocycles. The highest BCUT2D eigenvalue weighted by Crippen LogP contribution is 2.25. The number of carbonyl (C=O) groups is 1. The Balaban J connectivity index is 1.66. The number of thiophene rings is 1. The van der Waals surface area contributed by atoms with Crippen molar-refractivity contribution in [1.82, 2.24) is 4.90 Å². The van der Waals surface area contributed by atoms with Crippen molar-refractivity contribution in [2.24, 2.45) is 0 Å². The molecule has 1 saturated heterocycles. The molecule has 2 heterocycles. The van der Waals surface area contributed by atoms with Crippen molar-refractivity contribution in [2.75, 3.05) is 18.8 Å². The molecule has 0 atom stereocenters. The van der Waals surface area contributed by atoms with Crippen molar-refractivity contribution in [3.8, 4) is 0 Å². The number of amides is 1. The van der Waals surface area contributed by atoms with Gasteiger partial charge in [0.05, 0.1) is 24.4 Å². The van der Waals surface area contributed by atoms with Gasteiger partial charge in [-0.2, -0.15) is 0 Å². The van der Waals surface area contributed by atoms with Crippen LogP contribution in [-0.2, 0) is 10.5 Å². The lowest BCUT2D eigenvalue weighted by Gasteiger charge is -2.46. The molecule has 17 heavy (non-hydrogen) atoms. The molecule has 0 bridgehead atoms. The first kappa shape index (κ1) is 12.9. The highest BCUT2D eigenvalue weighted by molar-refractivity contribution is 7.99. The van der Waals surface area contributed by atoms with Crippen LogP contribution in [0.3, 0.4) is 0 Å². The summed E-state index contributed by atoms with van der Waals surface area (Å²) < 4.78 is 0. The number of rotatable bonds is 5. The minimum Gasteiger partial charge on any atom is -0.386 e. The fourth-order valence-corrected chi connectivity index (χ4v) is 3.56. The third kappa shape index (κ3) is 3.24. The number of β-amino-alcohol motifs (C(OH)–C–C–N with tert-alkyl or cyclic N) is 1. The van der Waals surface area contributed by atoms with Crippen LogP contribution < -0.4 is 0 Å². The monoisotopic (exact) mass is 271 g/mol. The van der Waals surface area contributed by atoms with E-state index in [0.717, 1.165) is 12.2 Å². The second kappa shape index (κ2) is 5.42. The molecular weight excluding hydrogens is 254 g/mol. The van der Waals surface area contributed by atoms with Crippen LogP contribution >= 0.6 is 23.1 Å². The Kier molecular flexibility index (Phi) is 4.12. The van der Waals surface area contributed by atoms with Crippen LogP contribution in [0.15, 0.2) is 17.5 Å². The number of nitrogens with zero attached hydrogens (tertiary/aromatic N) is 1. The van der Waals surface area contributed by atoms with Crippen molar-refractivity contribution < 1.29 is 9.90 Å². The number of hydrogen-bond donors (Lipinski definition) is 1. The standard InChI is InChI=1S/C12H17NO2S2/c1-2-12(15)8-13(9-12)11(14)7-16-6-10-4-3-5-17-10/h3-5,15H,2,6-9H2,1H3. The van der Waals surface area contributed by atoms with Crippen LogP contribution in [0.4, 0.5) is 0 Å². The maximum absolute atomic E-state index is 11.8. The van der Waals surface area contributed by atoms with E-state index in [4.69, 9.17) is 0 Å². The molecule has 1 aliphatic rings. The second-order valence-electron chi connectivity index (χ2n) is 4.40. The molecular formula is C12H17NO2S2. The zero-order valence-corrected chi connectivity index (χ0v) is 11.5. The highest BCUT2D eigenvalue weighted by Gasteiger charge is 2.41. The first-order valence-corrected chi connectivity index (χ1v) is 7.77. The fourth-order valence-electron chi connectivity index (χ4n) is 1.79. The third-order valence-corrected chi connectivity index (χ3v) is 5.06. The first-order valence-electron chi connectivity index (χ1n) is 5.73. The smallest absolute Gasteiger partial charge is 0.232 e. The zero-order chi connectivity index (χ0) is 12.3. The summed E-state index contributed by atoms with van der Waals surface area (Å²) in [5.74, 6) is 1.55. The van der Waals surface area contributed by atoms with Crippen LogP contribution in [-0.4, -0.2) is 40.4 Å². The molecule has 2 rings (SSSR count). The van der Waals surface area contributed by atoms with Crippen molar-refractivity contribution in [3.05, 3.63) is 22.4 Å². The average Bonchev–Trinajstić information content (AvgIpc) is 2.77. The average molecular weight is 271 g/mol. The van der Waals surface area contributed by atoms with Crippen LogP contribution in [0.1, 0.15) is 18.2 Å². The Bertz CT molecular complexity index is 372. The van der Waals surface area contributed by atoms with Crippen molar-refractivity contribution >= 4 is 29.0 Å². The molecule has 1 aromatic rings. The van der Waals surface area contributed by atoms with Gasteiger partial charge in [-0.05, 0) is 17.9 Å². The normalized spacial score (nSPS) is 17.9. The van der Waals surface area contributed by atoms with Gasteiger partial charge in [0.1, 0.15) is 0 Å². The minimum absolute atomic E-state index is 0.143. The zero-order valence-electron chi connectivity index (χ0n) is 9.89. The maximum atomic E-state index is 11.8. The number of aliphatic hydroxyl groups is 1. The van der Waals surface area contributed by atoms with Gasteiger partial charge >= 0.3 is 0 Å². The topological polar surface area (TPSA) is 40.5 Å². The SMILES string of the molecule is CCC1(O)CN(C(=O)CSCc2cccs2)C1. The highest BCUT2D eigenvalue weighted by atomic mass is 32.2. The lowest BCUT2D eigenvalue weighted by molar-refractivity contribution is -0.152. The van der Waals surface area contributed by atoms with Gasteiger partial charge in [0.25, 0.3) is 0 Å². The summed E-state index contributed by atoms with van der Waals surface area (Å²) in [5, 5.41) is 11.9. The Morgan fingerprint density at radius 1 is 1.65 bits per heavy atom. The second-order valence-corrected chi connectivity index (χ2v) is 6.42. The van der Waals surface area contributed by atoms with E-state index in [-0.39, 0.29) is 5.91 Å². The molecule has 1 N–H and O–H groups in total. The molecule has 3 nitrogen and oxygen atoms in total. The van der Waals surface area contributed by atoms with Crippen LogP contribution in [0.5, 0.6) is 0 Å². The molecule has 0 spiro atoms. The molecule has 1 fully saturated rings. The third-order valence-electron chi connectivity index (χ3n) is 3.03. The van der Waals surface area contributed by atoms with E-state index in [2.05, 4.69) is 11.4 Å². The summed E-state index contributed by atoms with van der Waals surface area (Å²) in [6, 6.07) is 4.11. The Morgan fingerprint density at radius 3 is 3.00 bits per heavy atom. The molecule has 1 aliphatic heterocycles. The predicted octanol–water partition coefficient (Wildman–Crippen LogP) is 1.96. The molecule has 0 saturated carbocycles. The van der Waals surface area contributed by atoms with Gasteiger partial charge in [0.15, 0.2) is 0 Å². The van der Waals surface area contributed by atoms with Gasteiger partial charge in [-0.1, -0.05) is 13.0 Å². The molecule has 1 amide bonds. The quantitative estimate of drug-likeness (QED) is 0.890. The van der Waals surface area contributed by atoms with E-state index < -0.39 is 5.60 Å². The predicted molar refractivity (Wildman–Crippen MR) is 72.3 cm³/mol. The van der Waals surface area contributed by atoms with Gasteiger partial charge in [-0.15, -0.1) is 23.1 Å². The van der Waals surface area contributed by atoms with E-state index in [1.165, 1.54) is 4.88 Å². The maximum Gasteiger partial charge on any atom is 0.232 e. The number of hydrogen-bond acceptors (Lipinski definition) is 4. The van der Waals surface area contributed by atoms with Gasteiger partial charge < -0.3 is 10.0 Å². The molecule has 0 aromatic carbocycles. The van der Waals surface area contributed by atoms with Gasteiger partial charge in [-0.25, -0.2) is 0 Å². The number of thioether (sulfide) groups is 1. The van der Waals surface area contributed by atoms with E-state index >= 15 is 0 Å². The molecule has 5 heteroatoms. The minimum atomic E-state index is -0.617. The van der Waals surface area contributed by atoms with Crippen LogP contribution in [0, 0.1) is 0 Å². The van der Waals surface area contributed by atoms with Gasteiger partial charge in [0, 0.05) is 10.6 Å². The Labute approximate surface area is 110 Å². The van der Waals surface area contributed by atoms with Crippen molar-refractivity contribution in [2.45, 2.75) is 24.7 Å². The van der Waals surface area contributed by atoms with Crippen molar-refractivity contribution in [3.63, 3.8) is 0 Å². The first-order chi connectivity index (χ1) is 8.13. The summed E-state index contributed by atoms with van der Waals surface area (Å²) in [5.41, 5.74) is -0.617. The summed E-state index contributed by atoms with van der Waals surface area (Å²) in [6.07, 6.45) is 0.721. The summed E-state index contributed by atoms with van der Waals surface area (Å²) in [7, 11) is 0. The Hall–Kier alpha value is -0.520. The molecule has 0 radical (unpaired) electrons. The summed E-state index contributed by atoms with van der Waals surface area (Å²) in [4.78, 5) is 14.8. The molecule has 1 aromatic heterocycles. The van der Waals surface area contributed by atoms with Crippen LogP contribution in [0.2, 0.25) is 0 Å². The van der Waals surface area contributed by atoms with E-state index in [1.54, 1.807) is 28.0 Å². The number of carbonyl (C=O) groups excluding carboxylic acids is 1. The number of likely N-dealkylation sites (tertiary alicyclic amines) is 1. The van der Waals surface area contributed by atoms with E-state index in [9.17, 15) is 9.90 Å². The van der Waals surface area contributed by atoms with Gasteiger partial charge in [-0.3, -0.25) is 4.79 Å². The molecule has 94 valence electrons. The summed E-state index contributed by atoms with van der Waals surface area (Å²) in [6.45, 7) is 2.96. The lowest BCUT2D eigenvalue weighted by atomic mass is 9.91. The van der Waals surface area contributed by atoms with Crippen molar-refractivity contribution in [1.29, 1.82) is 0 Å². The lowest BCUT2D eigenvalue weighted by Crippen LogP contribution is -2.63. The fraction of sp³-hybridized carbons (Fsp3) is 0.583. The van der Waals surface area contributed by atoms with Gasteiger partial charge in [0.2, 0.25) is 5.91 Å². The van der Waals surface area contributed by atoms with Crippen LogP contribution in [0.25, 0.3) is 0 Å². The Morgan fingerprint density at radius 2 is 2.41 bits per heavy atom.